The molecular weight excluding hydrogens is 234 g/mol. The van der Waals surface area contributed by atoms with Crippen molar-refractivity contribution in [2.75, 3.05) is 14.2 Å². The van der Waals surface area contributed by atoms with Gasteiger partial charge < -0.3 is 14.6 Å². The molecule has 1 N–H and O–H groups in total. The van der Waals surface area contributed by atoms with Crippen molar-refractivity contribution in [3.8, 4) is 11.8 Å². The Morgan fingerprint density at radius 1 is 1.50 bits per heavy atom. The quantitative estimate of drug-likeness (QED) is 0.801. The van der Waals surface area contributed by atoms with E-state index in [0.717, 1.165) is 0 Å². The maximum Gasteiger partial charge on any atom is 0.305 e. The molecule has 0 aliphatic rings. The number of methoxy groups -OCH3 is 2. The molecule has 1 unspecified atom stereocenters. The Balaban J connectivity index is 2.78. The van der Waals surface area contributed by atoms with Crippen LogP contribution in [0.15, 0.2) is 18.2 Å². The topological polar surface area (TPSA) is 79.6 Å². The fourth-order valence-corrected chi connectivity index (χ4v) is 1.54. The summed E-state index contributed by atoms with van der Waals surface area (Å²) in [7, 11) is 2.78. The average Bonchev–Trinajstić information content (AvgIpc) is 2.43. The highest BCUT2D eigenvalue weighted by Crippen LogP contribution is 2.25. The normalized spacial score (nSPS) is 11.4. The van der Waals surface area contributed by atoms with Crippen molar-refractivity contribution in [1.82, 2.24) is 0 Å². The number of benzene rings is 1. The second kappa shape index (κ2) is 6.62. The van der Waals surface area contributed by atoms with Gasteiger partial charge in [-0.05, 0) is 24.1 Å². The maximum atomic E-state index is 11.0. The number of carbonyl (C=O) groups excluding carboxylic acids is 1. The van der Waals surface area contributed by atoms with Gasteiger partial charge in [0.05, 0.1) is 25.9 Å². The van der Waals surface area contributed by atoms with E-state index in [1.165, 1.54) is 14.2 Å². The summed E-state index contributed by atoms with van der Waals surface area (Å²) in [4.78, 5) is 11.0. The standard InChI is InChI=1S/C13H15NO4/c1-17-12-5-3-9(7-10(12)8-14)11(15)4-6-13(16)18-2/h3,5,7,11,15H,4,6H2,1-2H3. The first-order valence-electron chi connectivity index (χ1n) is 5.45. The van der Waals surface area contributed by atoms with Crippen LogP contribution in [0, 0.1) is 11.3 Å². The van der Waals surface area contributed by atoms with E-state index in [9.17, 15) is 9.90 Å². The zero-order valence-corrected chi connectivity index (χ0v) is 10.3. The highest BCUT2D eigenvalue weighted by Gasteiger charge is 2.13. The third-order valence-corrected chi connectivity index (χ3v) is 2.58. The monoisotopic (exact) mass is 249 g/mol. The molecule has 1 aromatic carbocycles. The number of aliphatic hydroxyl groups is 1. The number of nitrogens with zero attached hydrogens (tertiary/aromatic N) is 1. The maximum absolute atomic E-state index is 11.0. The van der Waals surface area contributed by atoms with Crippen LogP contribution in [0.1, 0.15) is 30.1 Å². The molecule has 1 rings (SSSR count). The van der Waals surface area contributed by atoms with Crippen LogP contribution in [0.25, 0.3) is 0 Å². The minimum atomic E-state index is -0.804. The molecule has 0 radical (unpaired) electrons. The molecule has 0 saturated carbocycles. The zero-order valence-electron chi connectivity index (χ0n) is 10.3. The molecule has 0 aliphatic carbocycles. The van der Waals surface area contributed by atoms with Crippen molar-refractivity contribution in [1.29, 1.82) is 5.26 Å². The Bertz CT molecular complexity index is 465. The lowest BCUT2D eigenvalue weighted by Gasteiger charge is -2.11. The van der Waals surface area contributed by atoms with E-state index in [1.54, 1.807) is 18.2 Å². The summed E-state index contributed by atoms with van der Waals surface area (Å²) >= 11 is 0. The molecule has 5 nitrogen and oxygen atoms in total. The summed E-state index contributed by atoms with van der Waals surface area (Å²) in [6, 6.07) is 6.83. The van der Waals surface area contributed by atoms with Gasteiger partial charge in [-0.1, -0.05) is 6.07 Å². The van der Waals surface area contributed by atoms with E-state index >= 15 is 0 Å². The number of hydrogen-bond acceptors (Lipinski definition) is 5. The van der Waals surface area contributed by atoms with E-state index in [-0.39, 0.29) is 18.8 Å². The van der Waals surface area contributed by atoms with Crippen molar-refractivity contribution in [2.45, 2.75) is 18.9 Å². The molecule has 0 heterocycles. The number of carbonyl (C=O) groups is 1. The summed E-state index contributed by atoms with van der Waals surface area (Å²) in [5, 5.41) is 18.8. The minimum absolute atomic E-state index is 0.131. The van der Waals surface area contributed by atoms with Gasteiger partial charge in [0.2, 0.25) is 0 Å². The molecule has 0 saturated heterocycles. The van der Waals surface area contributed by atoms with Gasteiger partial charge in [-0.15, -0.1) is 0 Å². The fourth-order valence-electron chi connectivity index (χ4n) is 1.54. The van der Waals surface area contributed by atoms with Crippen LogP contribution in [0.5, 0.6) is 5.75 Å². The molecule has 0 spiro atoms. The van der Waals surface area contributed by atoms with Gasteiger partial charge in [0.1, 0.15) is 11.8 Å². The van der Waals surface area contributed by atoms with E-state index in [4.69, 9.17) is 10.00 Å². The van der Waals surface area contributed by atoms with Crippen molar-refractivity contribution >= 4 is 5.97 Å². The Hall–Kier alpha value is -2.06. The fraction of sp³-hybridized carbons (Fsp3) is 0.385. The molecule has 0 aliphatic heterocycles. The number of aliphatic hydroxyl groups excluding tert-OH is 1. The SMILES string of the molecule is COC(=O)CCC(O)c1ccc(OC)c(C#N)c1. The molecule has 0 aromatic heterocycles. The lowest BCUT2D eigenvalue weighted by atomic mass is 10.0. The second-order valence-electron chi connectivity index (χ2n) is 3.70. The Morgan fingerprint density at radius 3 is 2.78 bits per heavy atom. The van der Waals surface area contributed by atoms with Crippen LogP contribution < -0.4 is 4.74 Å². The van der Waals surface area contributed by atoms with Gasteiger partial charge in [-0.3, -0.25) is 4.79 Å². The van der Waals surface area contributed by atoms with Crippen LogP contribution in [-0.2, 0) is 9.53 Å². The van der Waals surface area contributed by atoms with Crippen LogP contribution in [0.4, 0.5) is 0 Å². The molecule has 1 atom stereocenters. The summed E-state index contributed by atoms with van der Waals surface area (Å²) < 4.78 is 9.50. The molecule has 1 aromatic rings. The van der Waals surface area contributed by atoms with E-state index in [1.807, 2.05) is 6.07 Å². The number of esters is 1. The largest absolute Gasteiger partial charge is 0.495 e. The summed E-state index contributed by atoms with van der Waals surface area (Å²) in [5.74, 6) is 0.0875. The van der Waals surface area contributed by atoms with Crippen LogP contribution in [-0.4, -0.2) is 25.3 Å². The lowest BCUT2D eigenvalue weighted by Crippen LogP contribution is -2.05. The molecule has 0 fully saturated rings. The number of nitriles is 1. The molecule has 0 amide bonds. The lowest BCUT2D eigenvalue weighted by molar-refractivity contribution is -0.141. The summed E-state index contributed by atoms with van der Waals surface area (Å²) in [6.07, 6.45) is -0.419. The first-order valence-corrected chi connectivity index (χ1v) is 5.45. The van der Waals surface area contributed by atoms with Gasteiger partial charge in [0.25, 0.3) is 0 Å². The molecule has 5 heteroatoms. The Labute approximate surface area is 106 Å². The van der Waals surface area contributed by atoms with E-state index in [2.05, 4.69) is 4.74 Å². The predicted molar refractivity (Wildman–Crippen MR) is 63.9 cm³/mol. The first-order chi connectivity index (χ1) is 8.62. The van der Waals surface area contributed by atoms with Crippen molar-refractivity contribution in [3.63, 3.8) is 0 Å². The van der Waals surface area contributed by atoms with Gasteiger partial charge in [0, 0.05) is 6.42 Å². The van der Waals surface area contributed by atoms with Gasteiger partial charge in [-0.2, -0.15) is 5.26 Å². The second-order valence-corrected chi connectivity index (χ2v) is 3.70. The van der Waals surface area contributed by atoms with Gasteiger partial charge >= 0.3 is 5.97 Å². The minimum Gasteiger partial charge on any atom is -0.495 e. The first kappa shape index (κ1) is 14.0. The smallest absolute Gasteiger partial charge is 0.305 e. The summed E-state index contributed by atoms with van der Waals surface area (Å²) in [5.41, 5.74) is 0.934. The molecule has 18 heavy (non-hydrogen) atoms. The highest BCUT2D eigenvalue weighted by atomic mass is 16.5. The molecular formula is C13H15NO4. The van der Waals surface area contributed by atoms with E-state index < -0.39 is 6.10 Å². The van der Waals surface area contributed by atoms with Crippen LogP contribution in [0.2, 0.25) is 0 Å². The van der Waals surface area contributed by atoms with Crippen molar-refractivity contribution in [3.05, 3.63) is 29.3 Å². The van der Waals surface area contributed by atoms with Crippen molar-refractivity contribution in [2.24, 2.45) is 0 Å². The predicted octanol–water partition coefficient (Wildman–Crippen LogP) is 1.55. The van der Waals surface area contributed by atoms with Crippen LogP contribution in [0.3, 0.4) is 0 Å². The van der Waals surface area contributed by atoms with Crippen molar-refractivity contribution < 1.29 is 19.4 Å². The third kappa shape index (κ3) is 3.47. The number of hydrogen-bond donors (Lipinski definition) is 1. The van der Waals surface area contributed by atoms with Gasteiger partial charge in [0.15, 0.2) is 0 Å². The number of rotatable bonds is 5. The Kier molecular flexibility index (Phi) is 5.15. The average molecular weight is 249 g/mol. The Morgan fingerprint density at radius 2 is 2.22 bits per heavy atom. The zero-order chi connectivity index (χ0) is 13.5. The summed E-state index contributed by atoms with van der Waals surface area (Å²) in [6.45, 7) is 0. The number of ether oxygens (including phenoxy) is 2. The van der Waals surface area contributed by atoms with Crippen LogP contribution >= 0.6 is 0 Å². The molecule has 96 valence electrons. The third-order valence-electron chi connectivity index (χ3n) is 2.58. The molecule has 0 bridgehead atoms. The van der Waals surface area contributed by atoms with Gasteiger partial charge in [-0.25, -0.2) is 0 Å². The highest BCUT2D eigenvalue weighted by molar-refractivity contribution is 5.69. The van der Waals surface area contributed by atoms with E-state index in [0.29, 0.717) is 16.9 Å².